The molecule has 0 amide bonds. The lowest BCUT2D eigenvalue weighted by atomic mass is 10.0. The first-order valence-electron chi connectivity index (χ1n) is 6.05. The standard InChI is InChI=1S/C15H12BrFN2/c16-13(9-15-18-7-8-19-15)11-5-6-14(17)12-4-2-1-3-10(11)12/h1-8,13H,9H2,(H,18,19). The predicted molar refractivity (Wildman–Crippen MR) is 77.9 cm³/mol. The van der Waals surface area contributed by atoms with Crippen molar-refractivity contribution in [2.45, 2.75) is 11.2 Å². The van der Waals surface area contributed by atoms with Crippen molar-refractivity contribution in [2.75, 3.05) is 0 Å². The molecule has 0 aliphatic rings. The maximum Gasteiger partial charge on any atom is 0.131 e. The molecule has 1 atom stereocenters. The molecular weight excluding hydrogens is 307 g/mol. The minimum atomic E-state index is -0.183. The molecule has 3 aromatic rings. The van der Waals surface area contributed by atoms with Crippen LogP contribution < -0.4 is 0 Å². The molecule has 0 aliphatic heterocycles. The van der Waals surface area contributed by atoms with Gasteiger partial charge in [0.2, 0.25) is 0 Å². The summed E-state index contributed by atoms with van der Waals surface area (Å²) in [6, 6.07) is 10.9. The number of H-pyrrole nitrogens is 1. The number of nitrogens with zero attached hydrogens (tertiary/aromatic N) is 1. The Hall–Kier alpha value is -1.68. The molecule has 0 bridgehead atoms. The zero-order valence-electron chi connectivity index (χ0n) is 10.1. The van der Waals surface area contributed by atoms with Crippen LogP contribution in [0.25, 0.3) is 10.8 Å². The van der Waals surface area contributed by atoms with E-state index in [9.17, 15) is 4.39 Å². The van der Waals surface area contributed by atoms with Crippen LogP contribution in [0.5, 0.6) is 0 Å². The van der Waals surface area contributed by atoms with Gasteiger partial charge in [-0.25, -0.2) is 9.37 Å². The van der Waals surface area contributed by atoms with Crippen molar-refractivity contribution >= 4 is 26.7 Å². The molecule has 1 unspecified atom stereocenters. The van der Waals surface area contributed by atoms with Gasteiger partial charge in [-0.1, -0.05) is 46.3 Å². The number of hydrogen-bond acceptors (Lipinski definition) is 1. The molecule has 2 nitrogen and oxygen atoms in total. The van der Waals surface area contributed by atoms with Gasteiger partial charge in [0.1, 0.15) is 11.6 Å². The Morgan fingerprint density at radius 2 is 1.95 bits per heavy atom. The summed E-state index contributed by atoms with van der Waals surface area (Å²) in [7, 11) is 0. The van der Waals surface area contributed by atoms with E-state index in [-0.39, 0.29) is 10.6 Å². The normalized spacial score (nSPS) is 12.7. The van der Waals surface area contributed by atoms with Crippen LogP contribution in [0.15, 0.2) is 48.8 Å². The van der Waals surface area contributed by atoms with Gasteiger partial charge in [0, 0.05) is 29.0 Å². The summed E-state index contributed by atoms with van der Waals surface area (Å²) < 4.78 is 13.8. The van der Waals surface area contributed by atoms with E-state index in [4.69, 9.17) is 0 Å². The van der Waals surface area contributed by atoms with Crippen molar-refractivity contribution in [3.63, 3.8) is 0 Å². The number of aromatic amines is 1. The topological polar surface area (TPSA) is 28.7 Å². The van der Waals surface area contributed by atoms with Crippen LogP contribution in [0.4, 0.5) is 4.39 Å². The summed E-state index contributed by atoms with van der Waals surface area (Å²) in [5, 5.41) is 1.60. The van der Waals surface area contributed by atoms with Crippen LogP contribution in [-0.4, -0.2) is 9.97 Å². The lowest BCUT2D eigenvalue weighted by Gasteiger charge is -2.12. The molecule has 0 saturated heterocycles. The van der Waals surface area contributed by atoms with E-state index in [1.54, 1.807) is 18.5 Å². The molecule has 4 heteroatoms. The van der Waals surface area contributed by atoms with E-state index >= 15 is 0 Å². The Morgan fingerprint density at radius 3 is 2.68 bits per heavy atom. The Morgan fingerprint density at radius 1 is 1.16 bits per heavy atom. The van der Waals surface area contributed by atoms with Gasteiger partial charge in [-0.3, -0.25) is 0 Å². The first-order valence-corrected chi connectivity index (χ1v) is 6.97. The molecule has 1 heterocycles. The summed E-state index contributed by atoms with van der Waals surface area (Å²) >= 11 is 3.67. The van der Waals surface area contributed by atoms with Gasteiger partial charge in [-0.05, 0) is 17.0 Å². The monoisotopic (exact) mass is 318 g/mol. The first-order chi connectivity index (χ1) is 9.25. The molecule has 1 N–H and O–H groups in total. The third-order valence-corrected chi connectivity index (χ3v) is 3.99. The van der Waals surface area contributed by atoms with Gasteiger partial charge in [0.05, 0.1) is 0 Å². The fourth-order valence-electron chi connectivity index (χ4n) is 2.25. The van der Waals surface area contributed by atoms with Crippen molar-refractivity contribution in [3.05, 3.63) is 66.0 Å². The molecule has 96 valence electrons. The lowest BCUT2D eigenvalue weighted by Crippen LogP contribution is -1.99. The number of benzene rings is 2. The highest BCUT2D eigenvalue weighted by Gasteiger charge is 2.14. The summed E-state index contributed by atoms with van der Waals surface area (Å²) in [4.78, 5) is 7.40. The van der Waals surface area contributed by atoms with E-state index in [1.807, 2.05) is 24.3 Å². The third-order valence-electron chi connectivity index (χ3n) is 3.17. The fraction of sp³-hybridized carbons (Fsp3) is 0.133. The molecule has 3 rings (SSSR count). The second-order valence-electron chi connectivity index (χ2n) is 4.39. The fourth-order valence-corrected chi connectivity index (χ4v) is 2.95. The van der Waals surface area contributed by atoms with Gasteiger partial charge in [-0.2, -0.15) is 0 Å². The Balaban J connectivity index is 2.03. The van der Waals surface area contributed by atoms with Gasteiger partial charge in [0.15, 0.2) is 0 Å². The second kappa shape index (κ2) is 5.13. The van der Waals surface area contributed by atoms with Crippen molar-refractivity contribution in [2.24, 2.45) is 0 Å². The maximum atomic E-state index is 13.8. The van der Waals surface area contributed by atoms with Crippen molar-refractivity contribution < 1.29 is 4.39 Å². The highest BCUT2D eigenvalue weighted by atomic mass is 79.9. The highest BCUT2D eigenvalue weighted by molar-refractivity contribution is 9.09. The largest absolute Gasteiger partial charge is 0.349 e. The van der Waals surface area contributed by atoms with Gasteiger partial charge >= 0.3 is 0 Å². The number of halogens is 2. The molecular formula is C15H12BrFN2. The molecule has 0 fully saturated rings. The van der Waals surface area contributed by atoms with Crippen LogP contribution in [0.2, 0.25) is 0 Å². The molecule has 0 radical (unpaired) electrons. The van der Waals surface area contributed by atoms with Crippen LogP contribution in [0, 0.1) is 5.82 Å². The first kappa shape index (κ1) is 12.4. The van der Waals surface area contributed by atoms with E-state index in [0.717, 1.165) is 23.2 Å². The molecule has 2 aromatic carbocycles. The summed E-state index contributed by atoms with van der Waals surface area (Å²) in [5.41, 5.74) is 1.08. The Bertz CT molecular complexity index is 694. The molecule has 0 aliphatic carbocycles. The van der Waals surface area contributed by atoms with Crippen LogP contribution in [0.1, 0.15) is 16.2 Å². The molecule has 19 heavy (non-hydrogen) atoms. The second-order valence-corrected chi connectivity index (χ2v) is 5.50. The van der Waals surface area contributed by atoms with Gasteiger partial charge < -0.3 is 4.98 Å². The highest BCUT2D eigenvalue weighted by Crippen LogP contribution is 2.33. The van der Waals surface area contributed by atoms with Crippen LogP contribution >= 0.6 is 15.9 Å². The van der Waals surface area contributed by atoms with E-state index in [0.29, 0.717) is 5.39 Å². The molecule has 0 saturated carbocycles. The van der Waals surface area contributed by atoms with E-state index < -0.39 is 0 Å². The smallest absolute Gasteiger partial charge is 0.131 e. The number of rotatable bonds is 3. The third kappa shape index (κ3) is 2.40. The number of fused-ring (bicyclic) bond motifs is 1. The SMILES string of the molecule is Fc1ccc(C(Br)Cc2ncc[nH]2)c2ccccc12. The zero-order valence-corrected chi connectivity index (χ0v) is 11.7. The number of alkyl halides is 1. The van der Waals surface area contributed by atoms with Crippen molar-refractivity contribution in [1.82, 2.24) is 9.97 Å². The average Bonchev–Trinajstić information content (AvgIpc) is 2.92. The number of hydrogen-bond donors (Lipinski definition) is 1. The average molecular weight is 319 g/mol. The minimum Gasteiger partial charge on any atom is -0.349 e. The van der Waals surface area contributed by atoms with Crippen LogP contribution in [0.3, 0.4) is 0 Å². The minimum absolute atomic E-state index is 0.101. The van der Waals surface area contributed by atoms with Gasteiger partial charge in [0.25, 0.3) is 0 Å². The van der Waals surface area contributed by atoms with Crippen LogP contribution in [-0.2, 0) is 6.42 Å². The molecule has 1 aromatic heterocycles. The number of aromatic nitrogens is 2. The molecule has 0 spiro atoms. The number of nitrogens with one attached hydrogen (secondary N) is 1. The lowest BCUT2D eigenvalue weighted by molar-refractivity contribution is 0.639. The van der Waals surface area contributed by atoms with E-state index in [1.165, 1.54) is 6.07 Å². The summed E-state index contributed by atoms with van der Waals surface area (Å²) in [5.74, 6) is 0.729. The van der Waals surface area contributed by atoms with Crippen molar-refractivity contribution in [3.8, 4) is 0 Å². The maximum absolute atomic E-state index is 13.8. The Kier molecular flexibility index (Phi) is 3.34. The van der Waals surface area contributed by atoms with Gasteiger partial charge in [-0.15, -0.1) is 0 Å². The summed E-state index contributed by atoms with van der Waals surface area (Å²) in [6.07, 6.45) is 4.28. The Labute approximate surface area is 118 Å². The summed E-state index contributed by atoms with van der Waals surface area (Å²) in [6.45, 7) is 0. The van der Waals surface area contributed by atoms with E-state index in [2.05, 4.69) is 25.9 Å². The van der Waals surface area contributed by atoms with Crippen molar-refractivity contribution in [1.29, 1.82) is 0 Å². The predicted octanol–water partition coefficient (Wildman–Crippen LogP) is 4.38. The quantitative estimate of drug-likeness (QED) is 0.713. The number of imidazole rings is 1. The zero-order chi connectivity index (χ0) is 13.2.